The first-order valence-electron chi connectivity index (χ1n) is 8.25. The maximum atomic E-state index is 5.69. The van der Waals surface area contributed by atoms with Crippen molar-refractivity contribution in [3.8, 4) is 23.0 Å². The second-order valence-corrected chi connectivity index (χ2v) is 6.08. The van der Waals surface area contributed by atoms with E-state index in [1.54, 1.807) is 12.3 Å². The topological polar surface area (TPSA) is 103 Å². The minimum absolute atomic E-state index is 0.192. The van der Waals surface area contributed by atoms with Crippen molar-refractivity contribution in [1.82, 2.24) is 30.3 Å². The van der Waals surface area contributed by atoms with Crippen molar-refractivity contribution < 1.29 is 9.26 Å². The lowest BCUT2D eigenvalue weighted by atomic mass is 10.2. The number of hydrogen-bond acceptors (Lipinski definition) is 7. The summed E-state index contributed by atoms with van der Waals surface area (Å²) in [7, 11) is 0. The van der Waals surface area contributed by atoms with Crippen LogP contribution in [0, 0.1) is 0 Å². The van der Waals surface area contributed by atoms with Crippen molar-refractivity contribution in [3.05, 3.63) is 66.7 Å². The predicted octanol–water partition coefficient (Wildman–Crippen LogP) is 3.31. The highest BCUT2D eigenvalue weighted by atomic mass is 16.5. The number of nitrogens with zero attached hydrogens (tertiary/aromatic N) is 5. The molecule has 0 radical (unpaired) electrons. The van der Waals surface area contributed by atoms with Crippen LogP contribution in [0.25, 0.3) is 11.4 Å². The molecule has 0 amide bonds. The fourth-order valence-electron chi connectivity index (χ4n) is 2.85. The third-order valence-corrected chi connectivity index (χ3v) is 4.29. The van der Waals surface area contributed by atoms with Gasteiger partial charge in [-0.1, -0.05) is 23.4 Å². The van der Waals surface area contributed by atoms with Crippen LogP contribution in [0.3, 0.4) is 0 Å². The molecule has 2 atom stereocenters. The summed E-state index contributed by atoms with van der Waals surface area (Å²) in [6, 6.07) is 13.2. The van der Waals surface area contributed by atoms with E-state index in [2.05, 4.69) is 30.3 Å². The summed E-state index contributed by atoms with van der Waals surface area (Å²) >= 11 is 0. The van der Waals surface area contributed by atoms with Gasteiger partial charge >= 0.3 is 0 Å². The van der Waals surface area contributed by atoms with Crippen molar-refractivity contribution in [2.24, 2.45) is 0 Å². The standard InChI is InChI=1S/C18H14N6O2/c1-2-4-12(5-3-1)25-15-7-6-11(9-19-15)16-22-18(26-24-16)14-8-13(14)17-20-10-21-23-17/h1-7,9-10,13-14H,8H2,(H,20,21,23)/t13-,14+/m1/s1. The van der Waals surface area contributed by atoms with Crippen LogP contribution in [0.15, 0.2) is 59.5 Å². The summed E-state index contributed by atoms with van der Waals surface area (Å²) in [4.78, 5) is 13.0. The van der Waals surface area contributed by atoms with Gasteiger partial charge in [0.25, 0.3) is 0 Å². The van der Waals surface area contributed by atoms with Gasteiger partial charge in [0, 0.05) is 29.7 Å². The van der Waals surface area contributed by atoms with Gasteiger partial charge in [-0.25, -0.2) is 9.97 Å². The summed E-state index contributed by atoms with van der Waals surface area (Å²) in [6.07, 6.45) is 4.11. The first-order chi connectivity index (χ1) is 12.9. The number of aromatic nitrogens is 6. The Bertz CT molecular complexity index is 998. The molecular formula is C18H14N6O2. The van der Waals surface area contributed by atoms with E-state index in [0.29, 0.717) is 17.6 Å². The van der Waals surface area contributed by atoms with Crippen LogP contribution in [0.1, 0.15) is 30.0 Å². The van der Waals surface area contributed by atoms with Crippen LogP contribution in [0.5, 0.6) is 11.6 Å². The lowest BCUT2D eigenvalue weighted by Crippen LogP contribution is -1.89. The molecule has 4 aromatic rings. The largest absolute Gasteiger partial charge is 0.439 e. The van der Waals surface area contributed by atoms with E-state index >= 15 is 0 Å². The van der Waals surface area contributed by atoms with Crippen molar-refractivity contribution in [2.75, 3.05) is 0 Å². The molecule has 1 fully saturated rings. The molecule has 128 valence electrons. The number of para-hydroxylation sites is 1. The zero-order chi connectivity index (χ0) is 17.3. The highest BCUT2D eigenvalue weighted by Gasteiger charge is 2.45. The molecular weight excluding hydrogens is 332 g/mol. The second-order valence-electron chi connectivity index (χ2n) is 6.08. The van der Waals surface area contributed by atoms with Crippen molar-refractivity contribution in [3.63, 3.8) is 0 Å². The fraction of sp³-hybridized carbons (Fsp3) is 0.167. The van der Waals surface area contributed by atoms with Crippen LogP contribution in [-0.2, 0) is 0 Å². The molecule has 3 heterocycles. The molecule has 0 bridgehead atoms. The lowest BCUT2D eigenvalue weighted by molar-refractivity contribution is 0.378. The number of H-pyrrole nitrogens is 1. The Kier molecular flexibility index (Phi) is 3.45. The van der Waals surface area contributed by atoms with Gasteiger partial charge in [0.2, 0.25) is 17.6 Å². The van der Waals surface area contributed by atoms with Gasteiger partial charge in [-0.3, -0.25) is 5.10 Å². The summed E-state index contributed by atoms with van der Waals surface area (Å²) in [6.45, 7) is 0. The average Bonchev–Trinajstić information content (AvgIpc) is 3.10. The molecule has 0 unspecified atom stereocenters. The summed E-state index contributed by atoms with van der Waals surface area (Å²) in [5.74, 6) is 3.70. The quantitative estimate of drug-likeness (QED) is 0.591. The number of aromatic amines is 1. The van der Waals surface area contributed by atoms with Gasteiger partial charge in [-0.2, -0.15) is 10.1 Å². The maximum absolute atomic E-state index is 5.69. The molecule has 0 aliphatic heterocycles. The Morgan fingerprint density at radius 2 is 1.96 bits per heavy atom. The number of benzene rings is 1. The second kappa shape index (κ2) is 6.07. The van der Waals surface area contributed by atoms with Gasteiger partial charge in [-0.15, -0.1) is 0 Å². The van der Waals surface area contributed by atoms with Crippen molar-refractivity contribution >= 4 is 0 Å². The smallest absolute Gasteiger partial charge is 0.230 e. The van der Waals surface area contributed by atoms with Crippen molar-refractivity contribution in [2.45, 2.75) is 18.3 Å². The number of nitrogens with one attached hydrogen (secondary N) is 1. The Balaban J connectivity index is 1.29. The van der Waals surface area contributed by atoms with E-state index < -0.39 is 0 Å². The molecule has 1 aliphatic carbocycles. The summed E-state index contributed by atoms with van der Waals surface area (Å²) < 4.78 is 11.1. The molecule has 0 spiro atoms. The zero-order valence-electron chi connectivity index (χ0n) is 13.6. The summed E-state index contributed by atoms with van der Waals surface area (Å²) in [5, 5.41) is 10.8. The van der Waals surface area contributed by atoms with Gasteiger partial charge in [0.1, 0.15) is 17.9 Å². The maximum Gasteiger partial charge on any atom is 0.230 e. The SMILES string of the molecule is c1ccc(Oc2ccc(-c3noc([C@H]4C[C@H]4c4ncn[nH]4)n3)cn2)cc1. The minimum atomic E-state index is 0.192. The van der Waals surface area contributed by atoms with Crippen LogP contribution in [-0.4, -0.2) is 30.3 Å². The first-order valence-corrected chi connectivity index (χ1v) is 8.25. The van der Waals surface area contributed by atoms with Gasteiger partial charge < -0.3 is 9.26 Å². The zero-order valence-corrected chi connectivity index (χ0v) is 13.6. The number of hydrogen-bond donors (Lipinski definition) is 1. The molecule has 3 aromatic heterocycles. The third-order valence-electron chi connectivity index (χ3n) is 4.29. The Labute approximate surface area is 148 Å². The summed E-state index contributed by atoms with van der Waals surface area (Å²) in [5.41, 5.74) is 0.775. The minimum Gasteiger partial charge on any atom is -0.439 e. The Morgan fingerprint density at radius 3 is 2.73 bits per heavy atom. The van der Waals surface area contributed by atoms with E-state index in [4.69, 9.17) is 9.26 Å². The van der Waals surface area contributed by atoms with Crippen molar-refractivity contribution in [1.29, 1.82) is 0 Å². The molecule has 1 aromatic carbocycles. The molecule has 8 heteroatoms. The monoisotopic (exact) mass is 346 g/mol. The number of pyridine rings is 1. The molecule has 1 aliphatic rings. The molecule has 1 N–H and O–H groups in total. The Morgan fingerprint density at radius 1 is 1.04 bits per heavy atom. The van der Waals surface area contributed by atoms with E-state index in [0.717, 1.165) is 23.6 Å². The van der Waals surface area contributed by atoms with Gasteiger partial charge in [0.05, 0.1) is 0 Å². The number of rotatable bonds is 5. The average molecular weight is 346 g/mol. The van der Waals surface area contributed by atoms with Crippen LogP contribution >= 0.6 is 0 Å². The molecule has 8 nitrogen and oxygen atoms in total. The van der Waals surface area contributed by atoms with Crippen LogP contribution < -0.4 is 4.74 Å². The third kappa shape index (κ3) is 2.81. The van der Waals surface area contributed by atoms with Crippen LogP contribution in [0.2, 0.25) is 0 Å². The van der Waals surface area contributed by atoms with E-state index in [9.17, 15) is 0 Å². The highest BCUT2D eigenvalue weighted by Crippen LogP contribution is 2.53. The fourth-order valence-corrected chi connectivity index (χ4v) is 2.85. The van der Waals surface area contributed by atoms with E-state index in [1.165, 1.54) is 6.33 Å². The first kappa shape index (κ1) is 14.8. The van der Waals surface area contributed by atoms with Gasteiger partial charge in [0.15, 0.2) is 0 Å². The Hall–Kier alpha value is -3.55. The normalized spacial score (nSPS) is 18.6. The number of ether oxygens (including phenoxy) is 1. The molecule has 5 rings (SSSR count). The molecule has 26 heavy (non-hydrogen) atoms. The molecule has 0 saturated heterocycles. The highest BCUT2D eigenvalue weighted by molar-refractivity contribution is 5.53. The molecule has 1 saturated carbocycles. The lowest BCUT2D eigenvalue weighted by Gasteiger charge is -2.04. The van der Waals surface area contributed by atoms with Crippen LogP contribution in [0.4, 0.5) is 0 Å². The van der Waals surface area contributed by atoms with Gasteiger partial charge in [-0.05, 0) is 24.6 Å². The van der Waals surface area contributed by atoms with E-state index in [-0.39, 0.29) is 11.8 Å². The predicted molar refractivity (Wildman–Crippen MR) is 90.5 cm³/mol. The van der Waals surface area contributed by atoms with E-state index in [1.807, 2.05) is 36.4 Å².